The Labute approximate surface area is 201 Å². The van der Waals surface area contributed by atoms with Crippen LogP contribution >= 0.6 is 0 Å². The molecule has 1 heterocycles. The molecule has 2 unspecified atom stereocenters. The van der Waals surface area contributed by atoms with Crippen molar-refractivity contribution >= 4 is 11.4 Å². The first kappa shape index (κ1) is 21.7. The largest absolute Gasteiger partial charge is 0.506 e. The quantitative estimate of drug-likeness (QED) is 0.357. The zero-order chi connectivity index (χ0) is 24.2. The molecule has 1 aliphatic heterocycles. The average Bonchev–Trinajstić information content (AvgIpc) is 3.74. The van der Waals surface area contributed by atoms with Gasteiger partial charge in [-0.3, -0.25) is 0 Å². The lowest BCUT2D eigenvalue weighted by atomic mass is 10.1. The summed E-state index contributed by atoms with van der Waals surface area (Å²) in [6.07, 6.45) is 3.83. The third kappa shape index (κ3) is 4.14. The molecule has 2 atom stereocenters. The number of allylic oxidation sites excluding steroid dienone is 5. The molecule has 0 bridgehead atoms. The zero-order valence-corrected chi connectivity index (χ0v) is 18.7. The molecule has 2 aromatic rings. The first-order chi connectivity index (χ1) is 16.9. The summed E-state index contributed by atoms with van der Waals surface area (Å²) >= 11 is 0. The third-order valence-electron chi connectivity index (χ3n) is 6.53. The Morgan fingerprint density at radius 2 is 1.97 bits per heavy atom. The normalized spacial score (nSPS) is 21.1. The minimum absolute atomic E-state index is 0.0177. The number of nitrogens with one attached hydrogen (secondary N) is 1. The van der Waals surface area contributed by atoms with Crippen LogP contribution in [-0.2, 0) is 0 Å². The van der Waals surface area contributed by atoms with Crippen molar-refractivity contribution in [1.82, 2.24) is 0 Å². The second-order valence-corrected chi connectivity index (χ2v) is 8.95. The minimum Gasteiger partial charge on any atom is -0.506 e. The predicted octanol–water partition coefficient (Wildman–Crippen LogP) is 5.58. The van der Waals surface area contributed by atoms with Crippen molar-refractivity contribution < 1.29 is 28.5 Å². The van der Waals surface area contributed by atoms with Crippen LogP contribution in [0.1, 0.15) is 24.6 Å². The minimum atomic E-state index is -3.30. The number of anilines is 2. The number of benzene rings is 2. The number of halogens is 2. The molecule has 180 valence electrons. The van der Waals surface area contributed by atoms with Gasteiger partial charge < -0.3 is 29.9 Å². The lowest BCUT2D eigenvalue weighted by Crippen LogP contribution is -2.34. The first-order valence-corrected chi connectivity index (χ1v) is 11.6. The van der Waals surface area contributed by atoms with Gasteiger partial charge in [0.15, 0.2) is 12.0 Å². The lowest BCUT2D eigenvalue weighted by molar-refractivity contribution is -0.138. The number of para-hydroxylation sites is 1. The number of aliphatic hydroxyl groups excluding tert-OH is 2. The van der Waals surface area contributed by atoms with Crippen LogP contribution < -0.4 is 19.7 Å². The summed E-state index contributed by atoms with van der Waals surface area (Å²) < 4.78 is 38.4. The second kappa shape index (κ2) is 8.16. The summed E-state index contributed by atoms with van der Waals surface area (Å²) in [5.41, 5.74) is 3.96. The van der Waals surface area contributed by atoms with Gasteiger partial charge in [0.2, 0.25) is 0 Å². The van der Waals surface area contributed by atoms with Gasteiger partial charge in [-0.1, -0.05) is 35.9 Å². The molecule has 2 aromatic carbocycles. The number of ether oxygens (including phenoxy) is 2. The monoisotopic (exact) mass is 478 g/mol. The van der Waals surface area contributed by atoms with Gasteiger partial charge in [0.05, 0.1) is 17.9 Å². The van der Waals surface area contributed by atoms with E-state index in [-0.39, 0.29) is 29.4 Å². The van der Waals surface area contributed by atoms with Crippen LogP contribution in [0.5, 0.6) is 11.5 Å². The molecule has 1 fully saturated rings. The van der Waals surface area contributed by atoms with E-state index in [1.165, 1.54) is 23.8 Å². The highest BCUT2D eigenvalue weighted by atomic mass is 19.3. The number of aliphatic hydroxyl groups is 2. The van der Waals surface area contributed by atoms with Crippen LogP contribution in [0.4, 0.5) is 20.2 Å². The molecule has 35 heavy (non-hydrogen) atoms. The Morgan fingerprint density at radius 1 is 1.17 bits per heavy atom. The van der Waals surface area contributed by atoms with Crippen molar-refractivity contribution in [3.63, 3.8) is 0 Å². The number of hydrogen-bond donors (Lipinski definition) is 3. The van der Waals surface area contributed by atoms with Crippen LogP contribution in [0.25, 0.3) is 0 Å². The molecule has 1 saturated carbocycles. The molecule has 4 aliphatic rings. The second-order valence-electron chi connectivity index (χ2n) is 8.95. The number of alkyl halides is 2. The third-order valence-corrected chi connectivity index (χ3v) is 6.53. The molecule has 3 aliphatic carbocycles. The number of hydrogen-bond acceptors (Lipinski definition) is 6. The Hall–Kier alpha value is -3.78. The zero-order valence-electron chi connectivity index (χ0n) is 18.7. The molecular weight excluding hydrogens is 454 g/mol. The van der Waals surface area contributed by atoms with Gasteiger partial charge in [0.1, 0.15) is 18.1 Å². The summed E-state index contributed by atoms with van der Waals surface area (Å²) in [5, 5.41) is 24.6. The van der Waals surface area contributed by atoms with Crippen LogP contribution in [-0.4, -0.2) is 29.5 Å². The van der Waals surface area contributed by atoms with Gasteiger partial charge >= 0.3 is 6.11 Å². The van der Waals surface area contributed by atoms with E-state index in [0.29, 0.717) is 30.2 Å². The van der Waals surface area contributed by atoms with Crippen molar-refractivity contribution in [1.29, 1.82) is 0 Å². The van der Waals surface area contributed by atoms with Crippen molar-refractivity contribution in [3.8, 4) is 11.5 Å². The SMILES string of the molecule is OC1=C(N2CCOc3c(C(O)Nc4ccc(OC(F)(F)C5=CC5)cc4)cccc32)C2CC2=CC=C1. The molecule has 0 aromatic heterocycles. The topological polar surface area (TPSA) is 74.2 Å². The van der Waals surface area contributed by atoms with Crippen LogP contribution in [0.2, 0.25) is 0 Å². The Bertz CT molecular complexity index is 1300. The average molecular weight is 478 g/mol. The number of rotatable bonds is 7. The lowest BCUT2D eigenvalue weighted by Gasteiger charge is -2.35. The molecule has 3 N–H and O–H groups in total. The molecule has 6 rings (SSSR count). The highest BCUT2D eigenvalue weighted by Gasteiger charge is 2.42. The highest BCUT2D eigenvalue weighted by Crippen LogP contribution is 2.50. The van der Waals surface area contributed by atoms with E-state index in [2.05, 4.69) is 10.2 Å². The van der Waals surface area contributed by atoms with E-state index in [0.717, 1.165) is 17.8 Å². The maximum Gasteiger partial charge on any atom is 0.422 e. The van der Waals surface area contributed by atoms with Crippen molar-refractivity contribution in [2.75, 3.05) is 23.4 Å². The van der Waals surface area contributed by atoms with Crippen molar-refractivity contribution in [2.24, 2.45) is 5.92 Å². The molecular formula is C27H24F2N2O4. The van der Waals surface area contributed by atoms with Gasteiger partial charge in [0.25, 0.3) is 0 Å². The van der Waals surface area contributed by atoms with Crippen LogP contribution in [0, 0.1) is 5.92 Å². The van der Waals surface area contributed by atoms with E-state index >= 15 is 0 Å². The highest BCUT2D eigenvalue weighted by molar-refractivity contribution is 5.69. The van der Waals surface area contributed by atoms with Crippen molar-refractivity contribution in [2.45, 2.75) is 25.2 Å². The summed E-state index contributed by atoms with van der Waals surface area (Å²) in [7, 11) is 0. The van der Waals surface area contributed by atoms with E-state index in [1.807, 2.05) is 24.3 Å². The first-order valence-electron chi connectivity index (χ1n) is 11.6. The van der Waals surface area contributed by atoms with Gasteiger partial charge in [-0.05, 0) is 49.2 Å². The standard InChI is InChI=1S/C27H24F2N2O4/c28-27(29,17-7-8-17)35-19-11-9-18(10-12-19)30-26(33)20-4-2-5-22-25(20)34-14-13-31(22)24-21-15-16(21)3-1-6-23(24)32/h1-7,9-12,21,26,30,32-33H,8,13-15H2. The van der Waals surface area contributed by atoms with Crippen LogP contribution in [0.3, 0.4) is 0 Å². The molecule has 8 heteroatoms. The predicted molar refractivity (Wildman–Crippen MR) is 128 cm³/mol. The summed E-state index contributed by atoms with van der Waals surface area (Å²) in [5.74, 6) is 1.00. The number of fused-ring (bicyclic) bond motifs is 2. The summed E-state index contributed by atoms with van der Waals surface area (Å²) in [6, 6.07) is 11.5. The fourth-order valence-electron chi connectivity index (χ4n) is 4.58. The van der Waals surface area contributed by atoms with Crippen molar-refractivity contribution in [3.05, 3.63) is 94.9 Å². The van der Waals surface area contributed by atoms with E-state index < -0.39 is 12.3 Å². The summed E-state index contributed by atoms with van der Waals surface area (Å²) in [4.78, 5) is 2.06. The van der Waals surface area contributed by atoms with E-state index in [1.54, 1.807) is 24.3 Å². The van der Waals surface area contributed by atoms with Crippen LogP contribution in [0.15, 0.2) is 89.4 Å². The van der Waals surface area contributed by atoms with E-state index in [9.17, 15) is 19.0 Å². The van der Waals surface area contributed by atoms with Gasteiger partial charge in [-0.25, -0.2) is 0 Å². The van der Waals surface area contributed by atoms with Gasteiger partial charge in [0, 0.05) is 22.7 Å². The Morgan fingerprint density at radius 3 is 2.74 bits per heavy atom. The smallest absolute Gasteiger partial charge is 0.422 e. The maximum atomic E-state index is 13.8. The number of nitrogens with zero attached hydrogens (tertiary/aromatic N) is 1. The molecule has 0 radical (unpaired) electrons. The fourth-order valence-corrected chi connectivity index (χ4v) is 4.58. The fraction of sp³-hybridized carbons (Fsp3) is 0.259. The maximum absolute atomic E-state index is 13.8. The molecule has 0 amide bonds. The Balaban J connectivity index is 1.22. The molecule has 0 saturated heterocycles. The molecule has 0 spiro atoms. The Kier molecular flexibility index (Phi) is 5.07. The molecule has 6 nitrogen and oxygen atoms in total. The van der Waals surface area contributed by atoms with Gasteiger partial charge in [-0.2, -0.15) is 8.78 Å². The summed E-state index contributed by atoms with van der Waals surface area (Å²) in [6.45, 7) is 0.986. The van der Waals surface area contributed by atoms with Gasteiger partial charge in [-0.15, -0.1) is 0 Å². The van der Waals surface area contributed by atoms with E-state index in [4.69, 9.17) is 9.47 Å².